The van der Waals surface area contributed by atoms with Crippen LogP contribution in [0.1, 0.15) is 19.8 Å². The van der Waals surface area contributed by atoms with E-state index in [2.05, 4.69) is 79.4 Å². The number of allylic oxidation sites excluding steroid dienone is 5. The van der Waals surface area contributed by atoms with E-state index >= 15 is 0 Å². The van der Waals surface area contributed by atoms with Crippen LogP contribution < -0.4 is 5.32 Å². The third-order valence-electron chi connectivity index (χ3n) is 7.29. The molecule has 0 spiro atoms. The van der Waals surface area contributed by atoms with Gasteiger partial charge in [-0.05, 0) is 35.7 Å². The van der Waals surface area contributed by atoms with Crippen molar-refractivity contribution in [3.63, 3.8) is 0 Å². The zero-order valence-electron chi connectivity index (χ0n) is 16.6. The third-order valence-corrected chi connectivity index (χ3v) is 9.36. The first-order valence-corrected chi connectivity index (χ1v) is 14.0. The van der Waals surface area contributed by atoms with E-state index in [1.165, 1.54) is 25.1 Å². The minimum atomic E-state index is -1.29. The van der Waals surface area contributed by atoms with Crippen LogP contribution in [0.15, 0.2) is 59.1 Å². The first kappa shape index (κ1) is 16.7. The molecule has 0 bridgehead atoms. The molecule has 26 heavy (non-hydrogen) atoms. The normalized spacial score (nSPS) is 40.0. The predicted molar refractivity (Wildman–Crippen MR) is 112 cm³/mol. The summed E-state index contributed by atoms with van der Waals surface area (Å²) in [4.78, 5) is 2.69. The van der Waals surface area contributed by atoms with E-state index in [0.29, 0.717) is 29.8 Å². The molecule has 6 unspecified atom stereocenters. The summed E-state index contributed by atoms with van der Waals surface area (Å²) < 4.78 is 0. The molecule has 5 aliphatic rings. The summed E-state index contributed by atoms with van der Waals surface area (Å²) in [6.45, 7) is 11.0. The molecular formula is C23H32N2Si. The van der Waals surface area contributed by atoms with Crippen LogP contribution >= 0.6 is 0 Å². The van der Waals surface area contributed by atoms with Gasteiger partial charge in [0.1, 0.15) is 0 Å². The molecule has 2 fully saturated rings. The molecule has 3 heterocycles. The van der Waals surface area contributed by atoms with Crippen molar-refractivity contribution in [2.45, 2.75) is 51.5 Å². The van der Waals surface area contributed by atoms with Crippen LogP contribution in [-0.2, 0) is 0 Å². The average molecular weight is 365 g/mol. The fraction of sp³-hybridized carbons (Fsp3) is 0.565. The highest BCUT2D eigenvalue weighted by molar-refractivity contribution is 6.84. The molecule has 0 amide bonds. The molecule has 6 atom stereocenters. The van der Waals surface area contributed by atoms with Gasteiger partial charge in [0.15, 0.2) is 0 Å². The Morgan fingerprint density at radius 3 is 2.73 bits per heavy atom. The van der Waals surface area contributed by atoms with Gasteiger partial charge in [0.2, 0.25) is 0 Å². The van der Waals surface area contributed by atoms with Crippen LogP contribution in [0, 0.1) is 23.7 Å². The zero-order valence-corrected chi connectivity index (χ0v) is 17.6. The number of hydrogen-bond donors (Lipinski definition) is 1. The number of nitrogens with zero attached hydrogens (tertiary/aromatic N) is 1. The molecule has 2 saturated heterocycles. The van der Waals surface area contributed by atoms with Gasteiger partial charge in [0, 0.05) is 30.0 Å². The summed E-state index contributed by atoms with van der Waals surface area (Å²) in [5.41, 5.74) is 3.18. The van der Waals surface area contributed by atoms with Gasteiger partial charge < -0.3 is 10.2 Å². The first-order chi connectivity index (χ1) is 12.5. The Bertz CT molecular complexity index is 764. The van der Waals surface area contributed by atoms with Crippen molar-refractivity contribution < 1.29 is 0 Å². The highest BCUT2D eigenvalue weighted by atomic mass is 28.3. The number of nitrogens with one attached hydrogen (secondary N) is 1. The Morgan fingerprint density at radius 1 is 1.15 bits per heavy atom. The molecule has 138 valence electrons. The van der Waals surface area contributed by atoms with Gasteiger partial charge >= 0.3 is 0 Å². The second kappa shape index (κ2) is 5.76. The quantitative estimate of drug-likeness (QED) is 0.719. The second-order valence-corrected chi connectivity index (χ2v) is 14.9. The second-order valence-electron chi connectivity index (χ2n) is 9.83. The van der Waals surface area contributed by atoms with Crippen LogP contribution in [0.25, 0.3) is 0 Å². The Morgan fingerprint density at radius 2 is 1.96 bits per heavy atom. The SMILES string of the molecule is CCC1=CC2C3CC4C(=CC3CN2C=C1[Si](C)(C)C)NC1C=CC=CC14. The maximum absolute atomic E-state index is 3.82. The fourth-order valence-electron chi connectivity index (χ4n) is 6.02. The summed E-state index contributed by atoms with van der Waals surface area (Å²) in [6, 6.07) is 1.15. The van der Waals surface area contributed by atoms with Gasteiger partial charge in [-0.2, -0.15) is 0 Å². The number of fused-ring (bicyclic) bond motifs is 6. The third kappa shape index (κ3) is 2.43. The van der Waals surface area contributed by atoms with Crippen LogP contribution in [0.4, 0.5) is 0 Å². The van der Waals surface area contributed by atoms with Crippen LogP contribution in [0.5, 0.6) is 0 Å². The average Bonchev–Trinajstić information content (AvgIpc) is 3.14. The zero-order chi connectivity index (χ0) is 18.1. The van der Waals surface area contributed by atoms with Crippen molar-refractivity contribution in [2.24, 2.45) is 23.7 Å². The molecule has 0 saturated carbocycles. The monoisotopic (exact) mass is 364 g/mol. The summed E-state index contributed by atoms with van der Waals surface area (Å²) in [6.07, 6.45) is 19.6. The van der Waals surface area contributed by atoms with Gasteiger partial charge in [0.05, 0.1) is 20.2 Å². The lowest BCUT2D eigenvalue weighted by Crippen LogP contribution is -2.37. The van der Waals surface area contributed by atoms with E-state index in [0.717, 1.165) is 5.92 Å². The minimum Gasteiger partial charge on any atom is -0.382 e. The Labute approximate surface area is 159 Å². The highest BCUT2D eigenvalue weighted by Gasteiger charge is 2.49. The molecule has 3 aliphatic heterocycles. The van der Waals surface area contributed by atoms with Crippen molar-refractivity contribution >= 4 is 8.07 Å². The van der Waals surface area contributed by atoms with E-state index in [-0.39, 0.29) is 0 Å². The lowest BCUT2D eigenvalue weighted by Gasteiger charge is -2.37. The molecule has 2 aliphatic carbocycles. The Hall–Kier alpha value is -1.48. The van der Waals surface area contributed by atoms with Crippen molar-refractivity contribution in [1.29, 1.82) is 0 Å². The van der Waals surface area contributed by atoms with Crippen molar-refractivity contribution in [3.05, 3.63) is 59.1 Å². The fourth-order valence-corrected chi connectivity index (χ4v) is 7.79. The van der Waals surface area contributed by atoms with Crippen LogP contribution in [0.3, 0.4) is 0 Å². The Balaban J connectivity index is 1.46. The van der Waals surface area contributed by atoms with Crippen LogP contribution in [0.2, 0.25) is 19.6 Å². The van der Waals surface area contributed by atoms with E-state index in [4.69, 9.17) is 0 Å². The van der Waals surface area contributed by atoms with E-state index in [9.17, 15) is 0 Å². The van der Waals surface area contributed by atoms with Gasteiger partial charge in [-0.3, -0.25) is 0 Å². The standard InChI is InChI=1S/C23H32N2Si/c1-5-15-11-22-18-12-19-17-8-6-7-9-20(17)24-21(19)10-16(18)13-25(22)14-23(15)26(2,3)4/h6-11,14,16-20,22,24H,5,12-13H2,1-4H3. The topological polar surface area (TPSA) is 15.3 Å². The predicted octanol–water partition coefficient (Wildman–Crippen LogP) is 4.63. The molecule has 5 rings (SSSR count). The van der Waals surface area contributed by atoms with Gasteiger partial charge in [-0.1, -0.05) is 63.0 Å². The molecular weight excluding hydrogens is 332 g/mol. The molecule has 0 aromatic heterocycles. The van der Waals surface area contributed by atoms with Gasteiger partial charge in [-0.25, -0.2) is 0 Å². The van der Waals surface area contributed by atoms with Crippen molar-refractivity contribution in [1.82, 2.24) is 10.2 Å². The molecule has 0 aromatic carbocycles. The highest BCUT2D eigenvalue weighted by Crippen LogP contribution is 2.50. The number of hydrogen-bond acceptors (Lipinski definition) is 2. The molecule has 0 radical (unpaired) electrons. The molecule has 3 heteroatoms. The van der Waals surface area contributed by atoms with E-state index < -0.39 is 8.07 Å². The van der Waals surface area contributed by atoms with E-state index in [1.807, 2.05) is 0 Å². The first-order valence-electron chi connectivity index (χ1n) is 10.5. The maximum atomic E-state index is 3.82. The summed E-state index contributed by atoms with van der Waals surface area (Å²) in [5.74, 6) is 2.85. The van der Waals surface area contributed by atoms with Crippen molar-refractivity contribution in [2.75, 3.05) is 6.54 Å². The van der Waals surface area contributed by atoms with Gasteiger partial charge in [-0.15, -0.1) is 0 Å². The molecule has 0 aromatic rings. The lowest BCUT2D eigenvalue weighted by molar-refractivity contribution is 0.282. The minimum absolute atomic E-state index is 0.526. The summed E-state index contributed by atoms with van der Waals surface area (Å²) in [5, 5.41) is 5.50. The summed E-state index contributed by atoms with van der Waals surface area (Å²) in [7, 11) is -1.29. The van der Waals surface area contributed by atoms with Crippen molar-refractivity contribution in [3.8, 4) is 0 Å². The van der Waals surface area contributed by atoms with E-state index in [1.54, 1.807) is 10.8 Å². The summed E-state index contributed by atoms with van der Waals surface area (Å²) >= 11 is 0. The van der Waals surface area contributed by atoms with Gasteiger partial charge in [0.25, 0.3) is 0 Å². The largest absolute Gasteiger partial charge is 0.382 e. The number of rotatable bonds is 2. The lowest BCUT2D eigenvalue weighted by atomic mass is 9.72. The molecule has 2 nitrogen and oxygen atoms in total. The van der Waals surface area contributed by atoms with Crippen LogP contribution in [-0.4, -0.2) is 31.6 Å². The maximum Gasteiger partial charge on any atom is 0.0798 e. The smallest absolute Gasteiger partial charge is 0.0798 e. The molecule has 1 N–H and O–H groups in total. The Kier molecular flexibility index (Phi) is 3.69.